The van der Waals surface area contributed by atoms with Gasteiger partial charge in [-0.3, -0.25) is 4.79 Å². The normalized spacial score (nSPS) is 25.0. The number of piperidine rings is 1. The van der Waals surface area contributed by atoms with E-state index in [1.807, 2.05) is 45.1 Å². The molecule has 7 nitrogen and oxygen atoms in total. The van der Waals surface area contributed by atoms with E-state index in [9.17, 15) is 23.1 Å². The second-order valence-electron chi connectivity index (χ2n) is 9.30. The number of aliphatic carboxylic acids is 1. The maximum atomic E-state index is 13.2. The fourth-order valence-corrected chi connectivity index (χ4v) is 6.68. The minimum absolute atomic E-state index is 0.0666. The lowest BCUT2D eigenvalue weighted by Gasteiger charge is -2.34. The van der Waals surface area contributed by atoms with Crippen LogP contribution in [0, 0.1) is 5.92 Å². The van der Waals surface area contributed by atoms with Gasteiger partial charge in [0.25, 0.3) is 0 Å². The van der Waals surface area contributed by atoms with Crippen molar-refractivity contribution >= 4 is 21.9 Å². The molecule has 0 aromatic rings. The molecule has 0 bridgehead atoms. The third-order valence-electron chi connectivity index (χ3n) is 6.79. The van der Waals surface area contributed by atoms with Gasteiger partial charge in [0.05, 0.1) is 16.9 Å². The van der Waals surface area contributed by atoms with Crippen LogP contribution in [0.25, 0.3) is 0 Å². The van der Waals surface area contributed by atoms with Crippen LogP contribution < -0.4 is 5.32 Å². The Hall–Kier alpha value is -2.71. The number of amides is 1. The van der Waals surface area contributed by atoms with Crippen molar-refractivity contribution in [2.24, 2.45) is 5.92 Å². The van der Waals surface area contributed by atoms with Gasteiger partial charge in [0.15, 0.2) is 0 Å². The Bertz CT molecular complexity index is 1120. The lowest BCUT2D eigenvalue weighted by Crippen LogP contribution is -2.47. The summed E-state index contributed by atoms with van der Waals surface area (Å²) >= 11 is 0. The molecule has 3 rings (SSSR count). The van der Waals surface area contributed by atoms with Crippen molar-refractivity contribution < 1.29 is 23.1 Å². The molecule has 2 aliphatic carbocycles. The van der Waals surface area contributed by atoms with Gasteiger partial charge in [0.2, 0.25) is 15.9 Å². The monoisotopic (exact) mass is 486 g/mol. The first-order valence-electron chi connectivity index (χ1n) is 11.6. The summed E-state index contributed by atoms with van der Waals surface area (Å²) in [5.74, 6) is -1.33. The molecule has 0 spiro atoms. The molecular formula is C26H34N2O5S. The summed E-state index contributed by atoms with van der Waals surface area (Å²) in [7, 11) is -3.45. The molecule has 1 amide bonds. The SMILES string of the molecule is C=CC(=CC1=C(C)CC(NC(=O)C2CCN(S(=O)(=O)C3CC=C(C)C=C3C)CC2)C=C1)C(=O)O. The molecule has 0 saturated carbocycles. The van der Waals surface area contributed by atoms with Crippen molar-refractivity contribution in [3.63, 3.8) is 0 Å². The summed E-state index contributed by atoms with van der Waals surface area (Å²) in [5.41, 5.74) is 3.86. The van der Waals surface area contributed by atoms with Crippen LogP contribution in [-0.2, 0) is 19.6 Å². The Morgan fingerprint density at radius 1 is 1.21 bits per heavy atom. The van der Waals surface area contributed by atoms with Crippen molar-refractivity contribution in [3.8, 4) is 0 Å². The number of sulfonamides is 1. The van der Waals surface area contributed by atoms with Crippen LogP contribution in [-0.4, -0.2) is 54.1 Å². The highest BCUT2D eigenvalue weighted by Crippen LogP contribution is 2.29. The first-order chi connectivity index (χ1) is 16.0. The average molecular weight is 487 g/mol. The van der Waals surface area contributed by atoms with Crippen LogP contribution in [0.3, 0.4) is 0 Å². The highest BCUT2D eigenvalue weighted by molar-refractivity contribution is 7.90. The van der Waals surface area contributed by atoms with Crippen LogP contribution in [0.2, 0.25) is 0 Å². The van der Waals surface area contributed by atoms with Crippen molar-refractivity contribution in [2.75, 3.05) is 13.1 Å². The van der Waals surface area contributed by atoms with Gasteiger partial charge in [-0.25, -0.2) is 17.5 Å². The van der Waals surface area contributed by atoms with Crippen LogP contribution in [0.1, 0.15) is 46.5 Å². The molecule has 184 valence electrons. The number of carbonyl (C=O) groups is 2. The number of rotatable bonds is 7. The predicted octanol–water partition coefficient (Wildman–Crippen LogP) is 3.65. The van der Waals surface area contributed by atoms with Crippen molar-refractivity contribution in [3.05, 3.63) is 70.9 Å². The Morgan fingerprint density at radius 2 is 1.88 bits per heavy atom. The number of hydrogen-bond donors (Lipinski definition) is 2. The van der Waals surface area contributed by atoms with Gasteiger partial charge in [-0.1, -0.05) is 53.7 Å². The van der Waals surface area contributed by atoms with Gasteiger partial charge in [-0.05, 0) is 58.1 Å². The molecule has 1 saturated heterocycles. The number of hydrogen-bond acceptors (Lipinski definition) is 4. The Morgan fingerprint density at radius 3 is 2.44 bits per heavy atom. The van der Waals surface area contributed by atoms with Crippen LogP contribution in [0.15, 0.2) is 70.9 Å². The number of carbonyl (C=O) groups excluding carboxylic acids is 1. The Balaban J connectivity index is 1.55. The third kappa shape index (κ3) is 5.85. The molecule has 2 unspecified atom stereocenters. The predicted molar refractivity (Wildman–Crippen MR) is 133 cm³/mol. The van der Waals surface area contributed by atoms with Gasteiger partial charge in [-0.2, -0.15) is 0 Å². The maximum Gasteiger partial charge on any atom is 0.335 e. The molecule has 1 heterocycles. The molecule has 2 N–H and O–H groups in total. The molecule has 0 radical (unpaired) electrons. The molecule has 1 fully saturated rings. The lowest BCUT2D eigenvalue weighted by atomic mass is 9.92. The quantitative estimate of drug-likeness (QED) is 0.422. The number of nitrogens with zero attached hydrogens (tertiary/aromatic N) is 1. The fourth-order valence-electron chi connectivity index (χ4n) is 4.72. The second kappa shape index (κ2) is 10.7. The zero-order valence-electron chi connectivity index (χ0n) is 20.1. The first-order valence-corrected chi connectivity index (χ1v) is 13.1. The number of carboxylic acid groups (broad SMARTS) is 1. The highest BCUT2D eigenvalue weighted by Gasteiger charge is 2.37. The maximum absolute atomic E-state index is 13.2. The van der Waals surface area contributed by atoms with Gasteiger partial charge in [-0.15, -0.1) is 0 Å². The van der Waals surface area contributed by atoms with Gasteiger partial charge in [0, 0.05) is 19.0 Å². The standard InChI is InChI=1S/C26H34N2O5S/c1-5-20(26(30)31)16-22-7-8-23(15-18(22)3)27-25(29)21-10-12-28(13-11-21)34(32,33)24-9-6-17(2)14-19(24)4/h5-8,14,16,21,23-24H,1,9-13,15H2,2-4H3,(H,27,29)(H,30,31). The van der Waals surface area contributed by atoms with E-state index in [0.29, 0.717) is 38.8 Å². The lowest BCUT2D eigenvalue weighted by molar-refractivity contribution is -0.132. The molecule has 3 aliphatic rings. The average Bonchev–Trinajstić information content (AvgIpc) is 2.78. The van der Waals surface area contributed by atoms with Crippen molar-refractivity contribution in [2.45, 2.75) is 57.7 Å². The van der Waals surface area contributed by atoms with E-state index in [4.69, 9.17) is 0 Å². The van der Waals surface area contributed by atoms with Crippen LogP contribution in [0.5, 0.6) is 0 Å². The largest absolute Gasteiger partial charge is 0.478 e. The summed E-state index contributed by atoms with van der Waals surface area (Å²) in [6, 6.07) is -0.173. The zero-order chi connectivity index (χ0) is 25.0. The van der Waals surface area contributed by atoms with Gasteiger partial charge in [0.1, 0.15) is 0 Å². The number of carboxylic acids is 1. The van der Waals surface area contributed by atoms with Crippen molar-refractivity contribution in [1.82, 2.24) is 9.62 Å². The van der Waals surface area contributed by atoms with E-state index >= 15 is 0 Å². The molecule has 34 heavy (non-hydrogen) atoms. The molecule has 1 aliphatic heterocycles. The first kappa shape index (κ1) is 25.9. The topological polar surface area (TPSA) is 104 Å². The summed E-state index contributed by atoms with van der Waals surface area (Å²) in [5, 5.41) is 11.7. The smallest absolute Gasteiger partial charge is 0.335 e. The van der Waals surface area contributed by atoms with Crippen molar-refractivity contribution in [1.29, 1.82) is 0 Å². The van der Waals surface area contributed by atoms with E-state index in [1.165, 1.54) is 6.08 Å². The summed E-state index contributed by atoms with van der Waals surface area (Å²) in [4.78, 5) is 24.1. The van der Waals surface area contributed by atoms with E-state index in [0.717, 1.165) is 22.3 Å². The fraction of sp³-hybridized carbons (Fsp3) is 0.462. The molecular weight excluding hydrogens is 452 g/mol. The Kier molecular flexibility index (Phi) is 8.15. The second-order valence-corrected chi connectivity index (χ2v) is 11.4. The van der Waals surface area contributed by atoms with Gasteiger partial charge >= 0.3 is 5.97 Å². The third-order valence-corrected chi connectivity index (χ3v) is 9.16. The van der Waals surface area contributed by atoms with Crippen LogP contribution in [0.4, 0.5) is 0 Å². The molecule has 0 aromatic heterocycles. The summed E-state index contributed by atoms with van der Waals surface area (Å²) < 4.78 is 27.8. The molecule has 2 atom stereocenters. The minimum Gasteiger partial charge on any atom is -0.478 e. The minimum atomic E-state index is -3.45. The van der Waals surface area contributed by atoms with Crippen LogP contribution >= 0.6 is 0 Å². The number of nitrogens with one attached hydrogen (secondary N) is 1. The Labute approximate surface area is 202 Å². The van der Waals surface area contributed by atoms with E-state index in [-0.39, 0.29) is 23.4 Å². The van der Waals surface area contributed by atoms with E-state index in [2.05, 4.69) is 11.9 Å². The zero-order valence-corrected chi connectivity index (χ0v) is 20.9. The number of allylic oxidation sites excluding steroid dienone is 6. The van der Waals surface area contributed by atoms with E-state index < -0.39 is 21.2 Å². The van der Waals surface area contributed by atoms with E-state index in [1.54, 1.807) is 10.4 Å². The highest BCUT2D eigenvalue weighted by atomic mass is 32.2. The summed E-state index contributed by atoms with van der Waals surface area (Å²) in [6.45, 7) is 9.99. The van der Waals surface area contributed by atoms with Gasteiger partial charge < -0.3 is 10.4 Å². The molecule has 0 aromatic carbocycles. The molecule has 8 heteroatoms. The summed E-state index contributed by atoms with van der Waals surface area (Å²) in [6.07, 6.45) is 12.5.